The molecule has 0 unspecified atom stereocenters. The van der Waals surface area contributed by atoms with E-state index in [-0.39, 0.29) is 11.5 Å². The fourth-order valence-electron chi connectivity index (χ4n) is 2.97. The van der Waals surface area contributed by atoms with Gasteiger partial charge in [-0.25, -0.2) is 9.78 Å². The standard InChI is InChI=1S/C21H22ClN4O3P/c1-3-30(29,4-2)18-8-6-5-7-17(18)25-19-16(22)13-23-21(26-19)24-15-11-9-14(10-12-15)20(27)28/h5-13H,3-4H2,1-2H3,(H,27,28)(H2,23,24,25,26). The second-order valence-corrected chi connectivity index (χ2v) is 10.5. The molecular formula is C21H22ClN4O3P. The van der Waals surface area contributed by atoms with Gasteiger partial charge in [-0.2, -0.15) is 4.98 Å². The van der Waals surface area contributed by atoms with Crippen LogP contribution in [0.25, 0.3) is 0 Å². The summed E-state index contributed by atoms with van der Waals surface area (Å²) in [6.07, 6.45) is 2.60. The summed E-state index contributed by atoms with van der Waals surface area (Å²) < 4.78 is 13.3. The van der Waals surface area contributed by atoms with Gasteiger partial charge in [-0.05, 0) is 36.4 Å². The largest absolute Gasteiger partial charge is 0.478 e. The highest BCUT2D eigenvalue weighted by atomic mass is 35.5. The van der Waals surface area contributed by atoms with E-state index in [9.17, 15) is 9.36 Å². The van der Waals surface area contributed by atoms with Gasteiger partial charge in [0, 0.05) is 23.3 Å². The molecule has 0 fully saturated rings. The molecule has 3 aromatic rings. The molecule has 0 saturated carbocycles. The van der Waals surface area contributed by atoms with Gasteiger partial charge in [0.1, 0.15) is 12.2 Å². The molecule has 3 rings (SSSR count). The number of halogens is 1. The predicted molar refractivity (Wildman–Crippen MR) is 122 cm³/mol. The van der Waals surface area contributed by atoms with Crippen LogP contribution in [0.4, 0.5) is 23.1 Å². The molecule has 0 aliphatic rings. The minimum atomic E-state index is -2.52. The minimum absolute atomic E-state index is 0.188. The molecule has 0 radical (unpaired) electrons. The monoisotopic (exact) mass is 444 g/mol. The third kappa shape index (κ3) is 4.81. The maximum Gasteiger partial charge on any atom is 0.335 e. The quantitative estimate of drug-likeness (QED) is 0.402. The van der Waals surface area contributed by atoms with E-state index in [0.29, 0.717) is 34.5 Å². The van der Waals surface area contributed by atoms with Gasteiger partial charge in [-0.15, -0.1) is 0 Å². The molecule has 156 valence electrons. The number of carbonyl (C=O) groups is 1. The summed E-state index contributed by atoms with van der Waals surface area (Å²) in [6.45, 7) is 3.85. The SMILES string of the molecule is CCP(=O)(CC)c1ccccc1Nc1nc(Nc2ccc(C(=O)O)cc2)ncc1Cl. The van der Waals surface area contributed by atoms with Crippen LogP contribution in [-0.4, -0.2) is 33.4 Å². The van der Waals surface area contributed by atoms with E-state index in [1.807, 2.05) is 38.1 Å². The summed E-state index contributed by atoms with van der Waals surface area (Å²) in [6, 6.07) is 13.7. The molecule has 0 amide bonds. The van der Waals surface area contributed by atoms with Gasteiger partial charge in [-0.3, -0.25) is 0 Å². The van der Waals surface area contributed by atoms with Crippen LogP contribution in [0.3, 0.4) is 0 Å². The lowest BCUT2D eigenvalue weighted by atomic mass is 10.2. The van der Waals surface area contributed by atoms with E-state index in [1.165, 1.54) is 18.3 Å². The Morgan fingerprint density at radius 1 is 1.07 bits per heavy atom. The van der Waals surface area contributed by atoms with E-state index in [0.717, 1.165) is 5.30 Å². The summed E-state index contributed by atoms with van der Waals surface area (Å²) in [7, 11) is -2.52. The average molecular weight is 445 g/mol. The number of aromatic carboxylic acids is 1. The van der Waals surface area contributed by atoms with E-state index in [4.69, 9.17) is 16.7 Å². The van der Waals surface area contributed by atoms with E-state index < -0.39 is 13.1 Å². The van der Waals surface area contributed by atoms with Crippen molar-refractivity contribution in [3.05, 3.63) is 65.3 Å². The lowest BCUT2D eigenvalue weighted by Gasteiger charge is -2.19. The van der Waals surface area contributed by atoms with Crippen LogP contribution in [0.5, 0.6) is 0 Å². The molecule has 3 N–H and O–H groups in total. The number of para-hydroxylation sites is 1. The molecule has 7 nitrogen and oxygen atoms in total. The Labute approximate surface area is 179 Å². The predicted octanol–water partition coefficient (Wildman–Crippen LogP) is 5.34. The second kappa shape index (κ2) is 9.28. The topological polar surface area (TPSA) is 104 Å². The second-order valence-electron chi connectivity index (χ2n) is 6.56. The Morgan fingerprint density at radius 3 is 2.37 bits per heavy atom. The average Bonchev–Trinajstić information content (AvgIpc) is 2.76. The van der Waals surface area contributed by atoms with Crippen molar-refractivity contribution in [3.8, 4) is 0 Å². The Kier molecular flexibility index (Phi) is 6.75. The van der Waals surface area contributed by atoms with Gasteiger partial charge in [0.2, 0.25) is 5.95 Å². The fraction of sp³-hybridized carbons (Fsp3) is 0.190. The van der Waals surface area contributed by atoms with Gasteiger partial charge < -0.3 is 20.3 Å². The van der Waals surface area contributed by atoms with Gasteiger partial charge in [0.15, 0.2) is 5.82 Å². The number of hydrogen-bond acceptors (Lipinski definition) is 6. The molecule has 0 aliphatic carbocycles. The third-order valence-corrected chi connectivity index (χ3v) is 8.34. The van der Waals surface area contributed by atoms with Crippen molar-refractivity contribution in [2.24, 2.45) is 0 Å². The van der Waals surface area contributed by atoms with E-state index >= 15 is 0 Å². The molecule has 0 atom stereocenters. The zero-order valence-electron chi connectivity index (χ0n) is 16.6. The maximum absolute atomic E-state index is 13.3. The third-order valence-electron chi connectivity index (χ3n) is 4.75. The van der Waals surface area contributed by atoms with Crippen LogP contribution in [0.15, 0.2) is 54.7 Å². The van der Waals surface area contributed by atoms with Crippen molar-refractivity contribution in [3.63, 3.8) is 0 Å². The number of anilines is 4. The first kappa shape index (κ1) is 21.8. The van der Waals surface area contributed by atoms with Crippen molar-refractivity contribution >= 4 is 53.2 Å². The zero-order valence-corrected chi connectivity index (χ0v) is 18.2. The Bertz CT molecular complexity index is 1100. The molecule has 30 heavy (non-hydrogen) atoms. The number of benzene rings is 2. The minimum Gasteiger partial charge on any atom is -0.478 e. The van der Waals surface area contributed by atoms with Crippen LogP contribution in [0.1, 0.15) is 24.2 Å². The molecule has 2 aromatic carbocycles. The van der Waals surface area contributed by atoms with Crippen molar-refractivity contribution in [1.29, 1.82) is 0 Å². The van der Waals surface area contributed by atoms with Gasteiger partial charge in [-0.1, -0.05) is 37.6 Å². The molecule has 0 bridgehead atoms. The first-order valence-corrected chi connectivity index (χ1v) is 11.9. The summed E-state index contributed by atoms with van der Waals surface area (Å²) in [5.41, 5.74) is 1.52. The van der Waals surface area contributed by atoms with Crippen LogP contribution in [0.2, 0.25) is 5.02 Å². The molecule has 0 spiro atoms. The maximum atomic E-state index is 13.3. The summed E-state index contributed by atoms with van der Waals surface area (Å²) in [4.78, 5) is 19.6. The Balaban J connectivity index is 1.88. The number of aromatic nitrogens is 2. The number of nitrogens with zero attached hydrogens (tertiary/aromatic N) is 2. The Hall–Kier alpha value is -2.89. The summed E-state index contributed by atoms with van der Waals surface area (Å²) in [5.74, 6) is -0.329. The van der Waals surface area contributed by atoms with Gasteiger partial charge >= 0.3 is 5.97 Å². The lowest BCUT2D eigenvalue weighted by molar-refractivity contribution is 0.0697. The fourth-order valence-corrected chi connectivity index (χ4v) is 5.16. The lowest BCUT2D eigenvalue weighted by Crippen LogP contribution is -2.14. The van der Waals surface area contributed by atoms with Crippen LogP contribution < -0.4 is 15.9 Å². The first-order valence-electron chi connectivity index (χ1n) is 9.44. The van der Waals surface area contributed by atoms with Crippen molar-refractivity contribution in [2.75, 3.05) is 23.0 Å². The van der Waals surface area contributed by atoms with Crippen molar-refractivity contribution < 1.29 is 14.5 Å². The van der Waals surface area contributed by atoms with Crippen molar-refractivity contribution in [2.45, 2.75) is 13.8 Å². The van der Waals surface area contributed by atoms with Crippen molar-refractivity contribution in [1.82, 2.24) is 9.97 Å². The highest BCUT2D eigenvalue weighted by Crippen LogP contribution is 2.45. The number of nitrogens with one attached hydrogen (secondary N) is 2. The summed E-state index contributed by atoms with van der Waals surface area (Å²) >= 11 is 6.29. The molecular weight excluding hydrogens is 423 g/mol. The Morgan fingerprint density at radius 2 is 1.73 bits per heavy atom. The zero-order chi connectivity index (χ0) is 21.7. The highest BCUT2D eigenvalue weighted by molar-refractivity contribution is 7.71. The van der Waals surface area contributed by atoms with Crippen LogP contribution >= 0.6 is 18.7 Å². The van der Waals surface area contributed by atoms with E-state index in [2.05, 4.69) is 20.6 Å². The van der Waals surface area contributed by atoms with Crippen LogP contribution in [-0.2, 0) is 4.57 Å². The molecule has 1 heterocycles. The van der Waals surface area contributed by atoms with Gasteiger partial charge in [0.25, 0.3) is 0 Å². The first-order chi connectivity index (χ1) is 14.4. The smallest absolute Gasteiger partial charge is 0.335 e. The number of carboxylic acid groups (broad SMARTS) is 1. The molecule has 9 heteroatoms. The summed E-state index contributed by atoms with van der Waals surface area (Å²) in [5, 5.41) is 16.3. The molecule has 0 saturated heterocycles. The molecule has 1 aromatic heterocycles. The van der Waals surface area contributed by atoms with Crippen LogP contribution in [0, 0.1) is 0 Å². The molecule has 0 aliphatic heterocycles. The number of hydrogen-bond donors (Lipinski definition) is 3. The number of carboxylic acids is 1. The number of rotatable bonds is 8. The normalized spacial score (nSPS) is 11.2. The highest BCUT2D eigenvalue weighted by Gasteiger charge is 2.23. The van der Waals surface area contributed by atoms with E-state index in [1.54, 1.807) is 12.1 Å². The van der Waals surface area contributed by atoms with Gasteiger partial charge in [0.05, 0.1) is 17.4 Å².